The number of sulfone groups is 1. The molecule has 6 nitrogen and oxygen atoms in total. The van der Waals surface area contributed by atoms with Crippen LogP contribution in [0.15, 0.2) is 0 Å². The van der Waals surface area contributed by atoms with Gasteiger partial charge in [-0.2, -0.15) is 0 Å². The van der Waals surface area contributed by atoms with Crippen LogP contribution in [-0.2, 0) is 19.4 Å². The molecular formula is C11H20N2O4S. The first-order valence-electron chi connectivity index (χ1n) is 5.98. The van der Waals surface area contributed by atoms with Crippen LogP contribution in [0.2, 0.25) is 0 Å². The summed E-state index contributed by atoms with van der Waals surface area (Å²) in [5.74, 6) is -0.348. The highest BCUT2D eigenvalue weighted by molar-refractivity contribution is 7.91. The molecule has 1 atom stereocenters. The van der Waals surface area contributed by atoms with Gasteiger partial charge in [-0.25, -0.2) is 8.42 Å². The Morgan fingerprint density at radius 1 is 1.39 bits per heavy atom. The lowest BCUT2D eigenvalue weighted by Gasteiger charge is -2.25. The Morgan fingerprint density at radius 3 is 2.39 bits per heavy atom. The van der Waals surface area contributed by atoms with Crippen LogP contribution < -0.4 is 5.32 Å². The van der Waals surface area contributed by atoms with E-state index in [4.69, 9.17) is 0 Å². The maximum absolute atomic E-state index is 11.7. The molecule has 1 fully saturated rings. The van der Waals surface area contributed by atoms with Gasteiger partial charge in [0.1, 0.15) is 0 Å². The first kappa shape index (κ1) is 14.9. The molecule has 18 heavy (non-hydrogen) atoms. The summed E-state index contributed by atoms with van der Waals surface area (Å²) >= 11 is 0. The molecule has 0 aromatic carbocycles. The molecule has 0 bridgehead atoms. The third kappa shape index (κ3) is 4.29. The molecule has 0 spiro atoms. The molecule has 7 heteroatoms. The standard InChI is InChI=1S/C11H20N2O4S/c1-8(2)13(9(3)14)6-11(15)12-10-4-5-18(16,17)7-10/h8,10H,4-7H2,1-3H3,(H,12,15). The van der Waals surface area contributed by atoms with Gasteiger partial charge in [0.15, 0.2) is 9.84 Å². The zero-order valence-electron chi connectivity index (χ0n) is 11.0. The van der Waals surface area contributed by atoms with E-state index < -0.39 is 9.84 Å². The van der Waals surface area contributed by atoms with Crippen LogP contribution in [0.5, 0.6) is 0 Å². The molecule has 1 rings (SSSR count). The maximum atomic E-state index is 11.7. The molecule has 0 aromatic rings. The minimum Gasteiger partial charge on any atom is -0.351 e. The van der Waals surface area contributed by atoms with Crippen molar-refractivity contribution in [2.75, 3.05) is 18.1 Å². The van der Waals surface area contributed by atoms with Crippen molar-refractivity contribution in [2.24, 2.45) is 0 Å². The molecule has 2 amide bonds. The lowest BCUT2D eigenvalue weighted by molar-refractivity contribution is -0.136. The van der Waals surface area contributed by atoms with Crippen LogP contribution in [0.4, 0.5) is 0 Å². The minimum atomic E-state index is -3.00. The third-order valence-electron chi connectivity index (χ3n) is 2.94. The van der Waals surface area contributed by atoms with Crippen LogP contribution in [0.3, 0.4) is 0 Å². The number of amides is 2. The number of hydrogen-bond donors (Lipinski definition) is 1. The average molecular weight is 276 g/mol. The van der Waals surface area contributed by atoms with E-state index in [9.17, 15) is 18.0 Å². The summed E-state index contributed by atoms with van der Waals surface area (Å²) in [4.78, 5) is 24.5. The predicted molar refractivity (Wildman–Crippen MR) is 67.7 cm³/mol. The molecular weight excluding hydrogens is 256 g/mol. The monoisotopic (exact) mass is 276 g/mol. The Hall–Kier alpha value is -1.11. The van der Waals surface area contributed by atoms with Crippen LogP contribution in [0, 0.1) is 0 Å². The van der Waals surface area contributed by atoms with Gasteiger partial charge in [0.05, 0.1) is 18.1 Å². The lowest BCUT2D eigenvalue weighted by atomic mass is 10.2. The molecule has 1 aliphatic rings. The number of rotatable bonds is 4. The second kappa shape index (κ2) is 5.69. The van der Waals surface area contributed by atoms with E-state index in [0.29, 0.717) is 6.42 Å². The van der Waals surface area contributed by atoms with Crippen molar-refractivity contribution in [1.82, 2.24) is 10.2 Å². The number of nitrogens with zero attached hydrogens (tertiary/aromatic N) is 1. The highest BCUT2D eigenvalue weighted by Gasteiger charge is 2.29. The van der Waals surface area contributed by atoms with Crippen molar-refractivity contribution in [3.63, 3.8) is 0 Å². The van der Waals surface area contributed by atoms with Crippen molar-refractivity contribution in [3.05, 3.63) is 0 Å². The van der Waals surface area contributed by atoms with Crippen molar-refractivity contribution < 1.29 is 18.0 Å². The molecule has 104 valence electrons. The van der Waals surface area contributed by atoms with Crippen molar-refractivity contribution in [3.8, 4) is 0 Å². The minimum absolute atomic E-state index is 0.000486. The van der Waals surface area contributed by atoms with E-state index in [-0.39, 0.29) is 41.9 Å². The van der Waals surface area contributed by atoms with Gasteiger partial charge in [-0.05, 0) is 20.3 Å². The molecule has 0 saturated carbocycles. The summed E-state index contributed by atoms with van der Waals surface area (Å²) < 4.78 is 22.5. The zero-order valence-corrected chi connectivity index (χ0v) is 11.8. The summed E-state index contributed by atoms with van der Waals surface area (Å²) in [6, 6.07) is -0.371. The van der Waals surface area contributed by atoms with Crippen molar-refractivity contribution >= 4 is 21.7 Å². The van der Waals surface area contributed by atoms with Crippen molar-refractivity contribution in [2.45, 2.75) is 39.3 Å². The van der Waals surface area contributed by atoms with Crippen LogP contribution in [0.25, 0.3) is 0 Å². The molecule has 1 heterocycles. The number of nitrogens with one attached hydrogen (secondary N) is 1. The topological polar surface area (TPSA) is 83.6 Å². The summed E-state index contributed by atoms with van der Waals surface area (Å²) in [5, 5.41) is 2.66. The van der Waals surface area contributed by atoms with E-state index in [1.807, 2.05) is 13.8 Å². The van der Waals surface area contributed by atoms with Crippen LogP contribution in [0.1, 0.15) is 27.2 Å². The van der Waals surface area contributed by atoms with E-state index in [1.54, 1.807) is 0 Å². The summed E-state index contributed by atoms with van der Waals surface area (Å²) in [7, 11) is -3.00. The molecule has 0 radical (unpaired) electrons. The van der Waals surface area contributed by atoms with Gasteiger partial charge in [-0.1, -0.05) is 0 Å². The second-order valence-corrected chi connectivity index (χ2v) is 7.14. The van der Waals surface area contributed by atoms with Crippen molar-refractivity contribution in [1.29, 1.82) is 0 Å². The quantitative estimate of drug-likeness (QED) is 0.753. The average Bonchev–Trinajstić information content (AvgIpc) is 2.53. The highest BCUT2D eigenvalue weighted by Crippen LogP contribution is 2.11. The van der Waals surface area contributed by atoms with Crippen LogP contribution >= 0.6 is 0 Å². The van der Waals surface area contributed by atoms with E-state index in [0.717, 1.165) is 0 Å². The molecule has 0 aliphatic carbocycles. The first-order chi connectivity index (χ1) is 8.21. The Labute approximate surface area is 108 Å². The van der Waals surface area contributed by atoms with E-state index in [1.165, 1.54) is 11.8 Å². The van der Waals surface area contributed by atoms with Gasteiger partial charge < -0.3 is 10.2 Å². The van der Waals surface area contributed by atoms with Gasteiger partial charge in [0.25, 0.3) is 0 Å². The third-order valence-corrected chi connectivity index (χ3v) is 4.71. The Morgan fingerprint density at radius 2 is 2.00 bits per heavy atom. The van der Waals surface area contributed by atoms with Crippen LogP contribution in [-0.4, -0.2) is 55.3 Å². The Bertz CT molecular complexity index is 430. The number of hydrogen-bond acceptors (Lipinski definition) is 4. The fourth-order valence-corrected chi connectivity index (χ4v) is 3.67. The summed E-state index contributed by atoms with van der Waals surface area (Å²) in [6.07, 6.45) is 0.454. The highest BCUT2D eigenvalue weighted by atomic mass is 32.2. The lowest BCUT2D eigenvalue weighted by Crippen LogP contribution is -2.46. The first-order valence-corrected chi connectivity index (χ1v) is 7.80. The number of carbonyl (C=O) groups is 2. The molecule has 1 saturated heterocycles. The fourth-order valence-electron chi connectivity index (χ4n) is 1.99. The normalized spacial score (nSPS) is 21.9. The predicted octanol–water partition coefficient (Wildman–Crippen LogP) is -0.453. The number of carbonyl (C=O) groups excluding carboxylic acids is 2. The van der Waals surface area contributed by atoms with Gasteiger partial charge in [-0.15, -0.1) is 0 Å². The smallest absolute Gasteiger partial charge is 0.239 e. The molecule has 1 N–H and O–H groups in total. The molecule has 1 aliphatic heterocycles. The largest absolute Gasteiger partial charge is 0.351 e. The molecule has 0 aromatic heterocycles. The van der Waals surface area contributed by atoms with Gasteiger partial charge in [0.2, 0.25) is 11.8 Å². The Kier molecular flexibility index (Phi) is 4.72. The summed E-state index contributed by atoms with van der Waals surface area (Å²) in [6.45, 7) is 5.04. The SMILES string of the molecule is CC(=O)N(CC(=O)NC1CCS(=O)(=O)C1)C(C)C. The van der Waals surface area contributed by atoms with Gasteiger partial charge in [-0.3, -0.25) is 9.59 Å². The maximum Gasteiger partial charge on any atom is 0.239 e. The van der Waals surface area contributed by atoms with Gasteiger partial charge >= 0.3 is 0 Å². The molecule has 1 unspecified atom stereocenters. The zero-order chi connectivity index (χ0) is 13.9. The van der Waals surface area contributed by atoms with E-state index in [2.05, 4.69) is 5.32 Å². The van der Waals surface area contributed by atoms with E-state index >= 15 is 0 Å². The Balaban J connectivity index is 2.49. The second-order valence-electron chi connectivity index (χ2n) is 4.91. The van der Waals surface area contributed by atoms with Gasteiger partial charge in [0, 0.05) is 19.0 Å². The summed E-state index contributed by atoms with van der Waals surface area (Å²) in [5.41, 5.74) is 0. The fraction of sp³-hybridized carbons (Fsp3) is 0.818.